The van der Waals surface area contributed by atoms with Gasteiger partial charge in [-0.2, -0.15) is 4.98 Å². The van der Waals surface area contributed by atoms with Gasteiger partial charge in [-0.25, -0.2) is 8.42 Å². The third-order valence-corrected chi connectivity index (χ3v) is 7.42. The van der Waals surface area contributed by atoms with Crippen LogP contribution in [0.2, 0.25) is 0 Å². The molecule has 1 amide bonds. The van der Waals surface area contributed by atoms with E-state index < -0.39 is 22.0 Å². The summed E-state index contributed by atoms with van der Waals surface area (Å²) in [5.74, 6) is 0.953. The largest absolute Gasteiger partial charge is 0.342 e. The SMILES string of the molecule is CC(C)C(NC(=O)CN1c2cccc3cccc(c23)S1(=O)=O)c1nc(C2CC2)no1. The van der Waals surface area contributed by atoms with E-state index >= 15 is 0 Å². The van der Waals surface area contributed by atoms with Gasteiger partial charge in [-0.05, 0) is 36.3 Å². The molecule has 8 nitrogen and oxygen atoms in total. The van der Waals surface area contributed by atoms with Crippen molar-refractivity contribution in [3.05, 3.63) is 48.1 Å². The van der Waals surface area contributed by atoms with Gasteiger partial charge in [-0.15, -0.1) is 0 Å². The first-order valence-electron chi connectivity index (χ1n) is 10.0. The van der Waals surface area contributed by atoms with E-state index in [1.165, 1.54) is 4.31 Å². The first-order valence-corrected chi connectivity index (χ1v) is 11.5. The van der Waals surface area contributed by atoms with Gasteiger partial charge in [0.15, 0.2) is 5.82 Å². The molecule has 2 aromatic carbocycles. The Balaban J connectivity index is 1.40. The molecule has 1 aromatic heterocycles. The smallest absolute Gasteiger partial charge is 0.265 e. The molecule has 0 spiro atoms. The van der Waals surface area contributed by atoms with E-state index in [1.54, 1.807) is 24.3 Å². The van der Waals surface area contributed by atoms with Gasteiger partial charge in [-0.1, -0.05) is 43.3 Å². The highest BCUT2D eigenvalue weighted by molar-refractivity contribution is 7.93. The molecule has 9 heteroatoms. The van der Waals surface area contributed by atoms with Crippen molar-refractivity contribution in [2.24, 2.45) is 5.92 Å². The first kappa shape index (κ1) is 19.0. The summed E-state index contributed by atoms with van der Waals surface area (Å²) in [5.41, 5.74) is 0.521. The van der Waals surface area contributed by atoms with E-state index in [0.717, 1.165) is 18.2 Å². The van der Waals surface area contributed by atoms with Crippen molar-refractivity contribution in [2.45, 2.75) is 43.5 Å². The van der Waals surface area contributed by atoms with E-state index in [1.807, 2.05) is 26.0 Å². The van der Waals surface area contributed by atoms with Gasteiger partial charge in [0.25, 0.3) is 10.0 Å². The lowest BCUT2D eigenvalue weighted by Gasteiger charge is -2.22. The van der Waals surface area contributed by atoms with E-state index in [-0.39, 0.29) is 17.4 Å². The molecule has 1 saturated carbocycles. The van der Waals surface area contributed by atoms with Gasteiger partial charge in [0, 0.05) is 11.3 Å². The molecule has 3 aromatic rings. The maximum atomic E-state index is 13.1. The molecule has 0 bridgehead atoms. The number of benzene rings is 2. The Labute approximate surface area is 174 Å². The zero-order chi connectivity index (χ0) is 21.0. The Bertz CT molecular complexity index is 1240. The van der Waals surface area contributed by atoms with Crippen LogP contribution < -0.4 is 9.62 Å². The highest BCUT2D eigenvalue weighted by Gasteiger charge is 2.37. The van der Waals surface area contributed by atoms with Crippen molar-refractivity contribution in [3.63, 3.8) is 0 Å². The summed E-state index contributed by atoms with van der Waals surface area (Å²) >= 11 is 0. The van der Waals surface area contributed by atoms with Gasteiger partial charge in [0.1, 0.15) is 12.6 Å². The van der Waals surface area contributed by atoms with Gasteiger partial charge < -0.3 is 9.84 Å². The van der Waals surface area contributed by atoms with Gasteiger partial charge in [-0.3, -0.25) is 9.10 Å². The Hall–Kier alpha value is -2.94. The van der Waals surface area contributed by atoms with Crippen LogP contribution in [0.1, 0.15) is 50.4 Å². The number of nitrogens with zero attached hydrogens (tertiary/aromatic N) is 3. The van der Waals surface area contributed by atoms with Crippen molar-refractivity contribution in [3.8, 4) is 0 Å². The van der Waals surface area contributed by atoms with E-state index in [9.17, 15) is 13.2 Å². The average Bonchev–Trinajstić information content (AvgIpc) is 3.41. The van der Waals surface area contributed by atoms with Crippen LogP contribution in [0.25, 0.3) is 10.8 Å². The van der Waals surface area contributed by atoms with Crippen LogP contribution >= 0.6 is 0 Å². The summed E-state index contributed by atoms with van der Waals surface area (Å²) in [6, 6.07) is 10.1. The second kappa shape index (κ2) is 6.80. The van der Waals surface area contributed by atoms with Crippen LogP contribution in [-0.2, 0) is 14.8 Å². The third-order valence-electron chi connectivity index (χ3n) is 5.62. The van der Waals surface area contributed by atoms with Crippen LogP contribution in [0.4, 0.5) is 5.69 Å². The van der Waals surface area contributed by atoms with Crippen LogP contribution in [0.15, 0.2) is 45.8 Å². The molecule has 5 rings (SSSR count). The molecule has 156 valence electrons. The molecule has 1 atom stereocenters. The number of carbonyl (C=O) groups excluding carboxylic acids is 1. The number of nitrogens with one attached hydrogen (secondary N) is 1. The molecule has 0 saturated heterocycles. The van der Waals surface area contributed by atoms with Crippen molar-refractivity contribution in [1.29, 1.82) is 0 Å². The monoisotopic (exact) mass is 426 g/mol. The van der Waals surface area contributed by atoms with Gasteiger partial charge in [0.05, 0.1) is 10.6 Å². The quantitative estimate of drug-likeness (QED) is 0.649. The standard InChI is InChI=1S/C21H22N4O4S/c1-12(2)19(21-23-20(24-29-21)14-9-10-14)22-17(26)11-25-15-7-3-5-13-6-4-8-16(18(13)15)30(25,27)28/h3-8,12,14,19H,9-11H2,1-2H3,(H,22,26). The van der Waals surface area contributed by atoms with Crippen molar-refractivity contribution in [2.75, 3.05) is 10.8 Å². The number of hydrogen-bond donors (Lipinski definition) is 1. The topological polar surface area (TPSA) is 105 Å². The fraction of sp³-hybridized carbons (Fsp3) is 0.381. The first-order chi connectivity index (χ1) is 14.4. The molecule has 1 fully saturated rings. The minimum Gasteiger partial charge on any atom is -0.342 e. The summed E-state index contributed by atoms with van der Waals surface area (Å²) in [5, 5.41) is 8.39. The summed E-state index contributed by atoms with van der Waals surface area (Å²) in [4.78, 5) is 17.6. The van der Waals surface area contributed by atoms with Crippen molar-refractivity contribution >= 4 is 32.4 Å². The maximum Gasteiger partial charge on any atom is 0.265 e. The zero-order valence-corrected chi connectivity index (χ0v) is 17.5. The number of carbonyl (C=O) groups is 1. The Morgan fingerprint density at radius 3 is 2.67 bits per heavy atom. The molecular weight excluding hydrogens is 404 g/mol. The Kier molecular flexibility index (Phi) is 4.32. The summed E-state index contributed by atoms with van der Waals surface area (Å²) in [6.07, 6.45) is 2.10. The number of sulfonamides is 1. The molecule has 1 unspecified atom stereocenters. The lowest BCUT2D eigenvalue weighted by atomic mass is 10.0. The van der Waals surface area contributed by atoms with Crippen LogP contribution in [0, 0.1) is 5.92 Å². The molecule has 0 radical (unpaired) electrons. The maximum absolute atomic E-state index is 13.1. The lowest BCUT2D eigenvalue weighted by Crippen LogP contribution is -2.41. The summed E-state index contributed by atoms with van der Waals surface area (Å²) < 4.78 is 32.7. The Morgan fingerprint density at radius 1 is 1.23 bits per heavy atom. The van der Waals surface area contributed by atoms with Gasteiger partial charge in [0.2, 0.25) is 11.8 Å². The molecular formula is C21H22N4O4S. The van der Waals surface area contributed by atoms with E-state index in [2.05, 4.69) is 15.5 Å². The molecule has 1 N–H and O–H groups in total. The molecule has 2 heterocycles. The van der Waals surface area contributed by atoms with E-state index in [0.29, 0.717) is 28.7 Å². The van der Waals surface area contributed by atoms with Crippen molar-refractivity contribution < 1.29 is 17.7 Å². The second-order valence-electron chi connectivity index (χ2n) is 8.20. The second-order valence-corrected chi connectivity index (χ2v) is 10.0. The highest BCUT2D eigenvalue weighted by atomic mass is 32.2. The predicted octanol–water partition coefficient (Wildman–Crippen LogP) is 3.12. The normalized spacial score (nSPS) is 18.2. The molecule has 2 aliphatic rings. The van der Waals surface area contributed by atoms with Gasteiger partial charge >= 0.3 is 0 Å². The minimum atomic E-state index is -3.79. The summed E-state index contributed by atoms with van der Waals surface area (Å²) in [6.45, 7) is 3.56. The van der Waals surface area contributed by atoms with Crippen LogP contribution in [-0.4, -0.2) is 31.0 Å². The number of hydrogen-bond acceptors (Lipinski definition) is 6. The number of amides is 1. The molecule has 1 aliphatic carbocycles. The van der Waals surface area contributed by atoms with Crippen LogP contribution in [0.3, 0.4) is 0 Å². The average molecular weight is 426 g/mol. The zero-order valence-electron chi connectivity index (χ0n) is 16.7. The minimum absolute atomic E-state index is 0.00253. The number of aromatic nitrogens is 2. The lowest BCUT2D eigenvalue weighted by molar-refractivity contribution is -0.120. The molecule has 1 aliphatic heterocycles. The Morgan fingerprint density at radius 2 is 1.97 bits per heavy atom. The summed E-state index contributed by atoms with van der Waals surface area (Å²) in [7, 11) is -3.79. The fourth-order valence-corrected chi connectivity index (χ4v) is 5.54. The number of anilines is 1. The molecule has 30 heavy (non-hydrogen) atoms. The van der Waals surface area contributed by atoms with Crippen LogP contribution in [0.5, 0.6) is 0 Å². The predicted molar refractivity (Wildman–Crippen MR) is 110 cm³/mol. The fourth-order valence-electron chi connectivity index (χ4n) is 3.87. The highest BCUT2D eigenvalue weighted by Crippen LogP contribution is 2.42. The third kappa shape index (κ3) is 3.04. The van der Waals surface area contributed by atoms with E-state index in [4.69, 9.17) is 4.52 Å². The number of rotatable bonds is 6. The van der Waals surface area contributed by atoms with Crippen molar-refractivity contribution in [1.82, 2.24) is 15.5 Å².